The molecule has 1 aromatic carbocycles. The van der Waals surface area contributed by atoms with Gasteiger partial charge in [0.2, 0.25) is 0 Å². The molecule has 0 aliphatic rings. The summed E-state index contributed by atoms with van der Waals surface area (Å²) >= 11 is 3.23. The van der Waals surface area contributed by atoms with Crippen molar-refractivity contribution in [3.8, 4) is 11.5 Å². The Morgan fingerprint density at radius 3 is 2.40 bits per heavy atom. The molecule has 0 saturated heterocycles. The highest BCUT2D eigenvalue weighted by Crippen LogP contribution is 2.30. The molecule has 10 heteroatoms. The summed E-state index contributed by atoms with van der Waals surface area (Å²) in [5, 5.41) is 0. The summed E-state index contributed by atoms with van der Waals surface area (Å²) in [5.74, 6) is -5.68. The standard InChI is InChI=1S/C15H15BrF4O5/c1-23-11-7-9(16)5-6-10(11)25-13(22)4-2-3-12(21)24-8-15(19,20)14(17)18/h5-7,14H,2-4,8H2,1H3. The largest absolute Gasteiger partial charge is 0.493 e. The van der Waals surface area contributed by atoms with Gasteiger partial charge in [-0.1, -0.05) is 15.9 Å². The van der Waals surface area contributed by atoms with E-state index >= 15 is 0 Å². The van der Waals surface area contributed by atoms with Crippen LogP contribution in [0.5, 0.6) is 11.5 Å². The predicted octanol–water partition coefficient (Wildman–Crippen LogP) is 3.98. The minimum atomic E-state index is -4.40. The molecule has 0 bridgehead atoms. The maximum atomic E-state index is 12.6. The summed E-state index contributed by atoms with van der Waals surface area (Å²) < 4.78 is 63.9. The third kappa shape index (κ3) is 7.29. The lowest BCUT2D eigenvalue weighted by Gasteiger charge is -2.14. The molecular weight excluding hydrogens is 416 g/mol. The Labute approximate surface area is 149 Å². The van der Waals surface area contributed by atoms with Crippen LogP contribution in [0.2, 0.25) is 0 Å². The number of alkyl halides is 4. The fourth-order valence-corrected chi connectivity index (χ4v) is 1.93. The number of ether oxygens (including phenoxy) is 3. The monoisotopic (exact) mass is 430 g/mol. The van der Waals surface area contributed by atoms with Crippen molar-refractivity contribution in [1.82, 2.24) is 0 Å². The van der Waals surface area contributed by atoms with Crippen molar-refractivity contribution in [3.63, 3.8) is 0 Å². The topological polar surface area (TPSA) is 61.8 Å². The zero-order chi connectivity index (χ0) is 19.0. The Hall–Kier alpha value is -1.84. The first kappa shape index (κ1) is 21.2. The summed E-state index contributed by atoms with van der Waals surface area (Å²) in [6, 6.07) is 4.72. The normalized spacial score (nSPS) is 11.3. The van der Waals surface area contributed by atoms with Crippen LogP contribution in [0.25, 0.3) is 0 Å². The van der Waals surface area contributed by atoms with Crippen molar-refractivity contribution in [2.24, 2.45) is 0 Å². The van der Waals surface area contributed by atoms with E-state index in [0.717, 1.165) is 0 Å². The highest BCUT2D eigenvalue weighted by Gasteiger charge is 2.42. The molecule has 0 unspecified atom stereocenters. The smallest absolute Gasteiger partial charge is 0.340 e. The van der Waals surface area contributed by atoms with E-state index in [-0.39, 0.29) is 25.0 Å². The van der Waals surface area contributed by atoms with Crippen LogP contribution >= 0.6 is 15.9 Å². The predicted molar refractivity (Wildman–Crippen MR) is 82.1 cm³/mol. The van der Waals surface area contributed by atoms with Gasteiger partial charge in [0, 0.05) is 17.3 Å². The average Bonchev–Trinajstić information content (AvgIpc) is 2.54. The Balaban J connectivity index is 2.36. The number of rotatable bonds is 9. The fraction of sp³-hybridized carbons (Fsp3) is 0.467. The third-order valence-corrected chi connectivity index (χ3v) is 3.35. The van der Waals surface area contributed by atoms with Gasteiger partial charge in [0.25, 0.3) is 0 Å². The number of hydrogen-bond donors (Lipinski definition) is 0. The second-order valence-electron chi connectivity index (χ2n) is 4.85. The van der Waals surface area contributed by atoms with Crippen LogP contribution in [-0.2, 0) is 14.3 Å². The van der Waals surface area contributed by atoms with E-state index in [1.807, 2.05) is 0 Å². The van der Waals surface area contributed by atoms with E-state index in [2.05, 4.69) is 20.7 Å². The summed E-state index contributed by atoms with van der Waals surface area (Å²) in [5.41, 5.74) is 0. The minimum absolute atomic E-state index is 0.0449. The molecule has 0 N–H and O–H groups in total. The Morgan fingerprint density at radius 2 is 1.80 bits per heavy atom. The molecule has 0 spiro atoms. The van der Waals surface area contributed by atoms with Gasteiger partial charge in [0.05, 0.1) is 7.11 Å². The van der Waals surface area contributed by atoms with Crippen LogP contribution in [0, 0.1) is 0 Å². The number of halogens is 5. The Bertz CT molecular complexity index is 610. The SMILES string of the molecule is COc1cc(Br)ccc1OC(=O)CCCC(=O)OCC(F)(F)C(F)F. The molecule has 0 saturated carbocycles. The van der Waals surface area contributed by atoms with Crippen molar-refractivity contribution in [3.05, 3.63) is 22.7 Å². The second-order valence-corrected chi connectivity index (χ2v) is 5.76. The van der Waals surface area contributed by atoms with E-state index in [0.29, 0.717) is 10.2 Å². The van der Waals surface area contributed by atoms with Gasteiger partial charge in [-0.25, -0.2) is 8.78 Å². The maximum absolute atomic E-state index is 12.6. The van der Waals surface area contributed by atoms with Crippen LogP contribution < -0.4 is 9.47 Å². The summed E-state index contributed by atoms with van der Waals surface area (Å²) in [6.45, 7) is -1.70. The van der Waals surface area contributed by atoms with Gasteiger partial charge in [0.1, 0.15) is 0 Å². The van der Waals surface area contributed by atoms with E-state index in [4.69, 9.17) is 9.47 Å². The molecule has 0 aromatic heterocycles. The number of carbonyl (C=O) groups excluding carboxylic acids is 2. The van der Waals surface area contributed by atoms with Crippen LogP contribution in [0.15, 0.2) is 22.7 Å². The fourth-order valence-electron chi connectivity index (χ4n) is 1.59. The Kier molecular flexibility index (Phi) is 8.14. The van der Waals surface area contributed by atoms with Crippen LogP contribution in [0.3, 0.4) is 0 Å². The van der Waals surface area contributed by atoms with E-state index < -0.39 is 30.9 Å². The van der Waals surface area contributed by atoms with Crippen molar-refractivity contribution in [1.29, 1.82) is 0 Å². The second kappa shape index (κ2) is 9.59. The van der Waals surface area contributed by atoms with Crippen molar-refractivity contribution >= 4 is 27.9 Å². The van der Waals surface area contributed by atoms with Crippen molar-refractivity contribution in [2.45, 2.75) is 31.6 Å². The lowest BCUT2D eigenvalue weighted by atomic mass is 10.2. The lowest BCUT2D eigenvalue weighted by molar-refractivity contribution is -0.179. The quantitative estimate of drug-likeness (QED) is 0.337. The first-order valence-electron chi connectivity index (χ1n) is 7.01. The molecule has 0 radical (unpaired) electrons. The van der Waals surface area contributed by atoms with Gasteiger partial charge in [0.15, 0.2) is 18.1 Å². The number of benzene rings is 1. The van der Waals surface area contributed by atoms with Crippen LogP contribution in [0.4, 0.5) is 17.6 Å². The van der Waals surface area contributed by atoms with Gasteiger partial charge >= 0.3 is 24.3 Å². The van der Waals surface area contributed by atoms with E-state index in [9.17, 15) is 27.2 Å². The van der Waals surface area contributed by atoms with Crippen molar-refractivity contribution < 1.29 is 41.4 Å². The molecule has 25 heavy (non-hydrogen) atoms. The molecule has 1 aromatic rings. The summed E-state index contributed by atoms with van der Waals surface area (Å²) in [7, 11) is 1.39. The lowest BCUT2D eigenvalue weighted by Crippen LogP contribution is -2.33. The van der Waals surface area contributed by atoms with Crippen molar-refractivity contribution in [2.75, 3.05) is 13.7 Å². The molecule has 0 atom stereocenters. The Morgan fingerprint density at radius 1 is 1.16 bits per heavy atom. The maximum Gasteiger partial charge on any atom is 0.340 e. The first-order valence-corrected chi connectivity index (χ1v) is 7.81. The summed E-state index contributed by atoms with van der Waals surface area (Å²) in [4.78, 5) is 22.9. The molecule has 140 valence electrons. The molecule has 5 nitrogen and oxygen atoms in total. The zero-order valence-electron chi connectivity index (χ0n) is 13.1. The molecule has 0 fully saturated rings. The minimum Gasteiger partial charge on any atom is -0.493 e. The van der Waals surface area contributed by atoms with Gasteiger partial charge in [-0.2, -0.15) is 8.78 Å². The summed E-state index contributed by atoms with van der Waals surface area (Å²) in [6.07, 6.45) is -4.54. The average molecular weight is 431 g/mol. The first-order chi connectivity index (χ1) is 11.7. The molecule has 0 aliphatic carbocycles. The molecule has 0 aliphatic heterocycles. The van der Waals surface area contributed by atoms with Crippen LogP contribution in [-0.4, -0.2) is 38.0 Å². The molecule has 0 heterocycles. The van der Waals surface area contributed by atoms with Crippen LogP contribution in [0.1, 0.15) is 19.3 Å². The number of esters is 2. The van der Waals surface area contributed by atoms with Gasteiger partial charge in [-0.05, 0) is 24.6 Å². The highest BCUT2D eigenvalue weighted by molar-refractivity contribution is 9.10. The third-order valence-electron chi connectivity index (χ3n) is 2.86. The molecular formula is C15H15BrF4O5. The molecule has 0 amide bonds. The highest BCUT2D eigenvalue weighted by atomic mass is 79.9. The number of methoxy groups -OCH3 is 1. The van der Waals surface area contributed by atoms with E-state index in [1.165, 1.54) is 13.2 Å². The zero-order valence-corrected chi connectivity index (χ0v) is 14.7. The number of carbonyl (C=O) groups is 2. The number of hydrogen-bond acceptors (Lipinski definition) is 5. The van der Waals surface area contributed by atoms with Gasteiger partial charge < -0.3 is 14.2 Å². The van der Waals surface area contributed by atoms with Gasteiger partial charge in [-0.3, -0.25) is 9.59 Å². The van der Waals surface area contributed by atoms with Gasteiger partial charge in [-0.15, -0.1) is 0 Å². The van der Waals surface area contributed by atoms with E-state index in [1.54, 1.807) is 12.1 Å². The molecule has 1 rings (SSSR count).